The summed E-state index contributed by atoms with van der Waals surface area (Å²) in [6.07, 6.45) is 1.98. The second-order valence-electron chi connectivity index (χ2n) is 3.03. The Morgan fingerprint density at radius 3 is 2.87 bits per heavy atom. The van der Waals surface area contributed by atoms with Crippen LogP contribution in [0.4, 0.5) is 10.5 Å². The zero-order valence-corrected chi connectivity index (χ0v) is 8.09. The predicted octanol–water partition coefficient (Wildman–Crippen LogP) is 1.84. The number of nitrogens with zero attached hydrogens (tertiary/aromatic N) is 2. The van der Waals surface area contributed by atoms with E-state index in [1.165, 1.54) is 5.17 Å². The Bertz CT molecular complexity index is 364. The molecule has 2 rings (SSSR count). The van der Waals surface area contributed by atoms with E-state index in [1.54, 1.807) is 18.3 Å². The van der Waals surface area contributed by atoms with E-state index in [9.17, 15) is 4.79 Å². The fourth-order valence-corrected chi connectivity index (χ4v) is 1.20. The van der Waals surface area contributed by atoms with Crippen LogP contribution in [0.15, 0.2) is 35.4 Å². The van der Waals surface area contributed by atoms with Crippen LogP contribution in [0.25, 0.3) is 0 Å². The number of hydrazone groups is 1. The average Bonchev–Trinajstić information content (AvgIpc) is 2.71. The lowest BCUT2D eigenvalue weighted by atomic mass is 10.3. The number of nitrogens with one attached hydrogen (secondary N) is 1. The van der Waals surface area contributed by atoms with Gasteiger partial charge in [-0.15, -0.1) is 5.17 Å². The maximum absolute atomic E-state index is 11.3. The fourth-order valence-electron chi connectivity index (χ4n) is 1.20. The van der Waals surface area contributed by atoms with Crippen LogP contribution in [-0.4, -0.2) is 24.0 Å². The van der Waals surface area contributed by atoms with Crippen molar-refractivity contribution < 1.29 is 9.63 Å². The van der Waals surface area contributed by atoms with Gasteiger partial charge >= 0.3 is 6.09 Å². The topological polar surface area (TPSA) is 53.9 Å². The number of anilines is 1. The summed E-state index contributed by atoms with van der Waals surface area (Å²) in [5.74, 6) is 0. The van der Waals surface area contributed by atoms with Crippen molar-refractivity contribution in [2.45, 2.75) is 6.42 Å². The molecule has 5 heteroatoms. The Kier molecular flexibility index (Phi) is 2.82. The van der Waals surface area contributed by atoms with Gasteiger partial charge in [0.15, 0.2) is 0 Å². The molecule has 0 saturated heterocycles. The molecular weight excluding hydrogens is 194 g/mol. The van der Waals surface area contributed by atoms with Gasteiger partial charge in [0.25, 0.3) is 0 Å². The second kappa shape index (κ2) is 4.45. The molecule has 0 spiro atoms. The van der Waals surface area contributed by atoms with Gasteiger partial charge in [-0.25, -0.2) is 4.79 Å². The zero-order chi connectivity index (χ0) is 10.5. The van der Waals surface area contributed by atoms with Crippen molar-refractivity contribution in [2.24, 2.45) is 5.10 Å². The summed E-state index contributed by atoms with van der Waals surface area (Å²) >= 11 is 0. The third kappa shape index (κ3) is 2.70. The van der Waals surface area contributed by atoms with Crippen molar-refractivity contribution >= 4 is 18.0 Å². The maximum Gasteiger partial charge on any atom is 0.437 e. The highest BCUT2D eigenvalue weighted by Gasteiger charge is 2.11. The molecule has 1 N–H and O–H groups in total. The van der Waals surface area contributed by atoms with E-state index in [0.29, 0.717) is 12.2 Å². The lowest BCUT2D eigenvalue weighted by Gasteiger charge is -2.12. The minimum Gasteiger partial charge on any atom is -0.304 e. The van der Waals surface area contributed by atoms with Gasteiger partial charge in [-0.05, 0) is 12.1 Å². The fraction of sp³-hybridized carbons (Fsp3) is 0.200. The molecule has 0 radical (unpaired) electrons. The molecule has 1 aliphatic heterocycles. The van der Waals surface area contributed by atoms with Gasteiger partial charge in [0, 0.05) is 18.3 Å². The monoisotopic (exact) mass is 205 g/mol. The normalized spacial score (nSPS) is 14.0. The number of hydrogen-bond acceptors (Lipinski definition) is 4. The molecule has 0 fully saturated rings. The van der Waals surface area contributed by atoms with Crippen LogP contribution >= 0.6 is 0 Å². The molecule has 1 aliphatic rings. The molecule has 0 aromatic heterocycles. The van der Waals surface area contributed by atoms with Crippen molar-refractivity contribution in [1.82, 2.24) is 5.17 Å². The molecule has 1 amide bonds. The summed E-state index contributed by atoms with van der Waals surface area (Å²) in [6.45, 7) is 0.613. The molecule has 0 bridgehead atoms. The Labute approximate surface area is 87.3 Å². The van der Waals surface area contributed by atoms with Crippen LogP contribution in [0.2, 0.25) is 0 Å². The second-order valence-corrected chi connectivity index (χ2v) is 3.03. The minimum atomic E-state index is -0.528. The third-order valence-electron chi connectivity index (χ3n) is 1.87. The van der Waals surface area contributed by atoms with E-state index in [4.69, 9.17) is 4.84 Å². The summed E-state index contributed by atoms with van der Waals surface area (Å²) in [4.78, 5) is 16.2. The van der Waals surface area contributed by atoms with E-state index >= 15 is 0 Å². The van der Waals surface area contributed by atoms with E-state index in [1.807, 2.05) is 18.2 Å². The number of rotatable bonds is 2. The van der Waals surface area contributed by atoms with E-state index in [2.05, 4.69) is 10.4 Å². The van der Waals surface area contributed by atoms with E-state index in [0.717, 1.165) is 6.42 Å². The summed E-state index contributed by atoms with van der Waals surface area (Å²) in [7, 11) is 0. The molecule has 15 heavy (non-hydrogen) atoms. The minimum absolute atomic E-state index is 0.528. The summed E-state index contributed by atoms with van der Waals surface area (Å²) in [5, 5.41) is 7.70. The van der Waals surface area contributed by atoms with Crippen LogP contribution in [0, 0.1) is 0 Å². The van der Waals surface area contributed by atoms with E-state index < -0.39 is 6.09 Å². The van der Waals surface area contributed by atoms with Gasteiger partial charge in [-0.1, -0.05) is 18.2 Å². The molecule has 1 aromatic carbocycles. The molecule has 5 nitrogen and oxygen atoms in total. The molecule has 78 valence electrons. The number of hydroxylamine groups is 1. The molecule has 1 aromatic rings. The Morgan fingerprint density at radius 1 is 1.40 bits per heavy atom. The summed E-state index contributed by atoms with van der Waals surface area (Å²) < 4.78 is 0. The SMILES string of the molecule is O=C(Nc1ccccc1)ON1CCC=N1. The lowest BCUT2D eigenvalue weighted by molar-refractivity contribution is -0.0834. The molecule has 0 saturated carbocycles. The number of hydrogen-bond donors (Lipinski definition) is 1. The highest BCUT2D eigenvalue weighted by atomic mass is 16.7. The van der Waals surface area contributed by atoms with E-state index in [-0.39, 0.29) is 0 Å². The van der Waals surface area contributed by atoms with Gasteiger partial charge in [-0.2, -0.15) is 5.10 Å². The standard InChI is InChI=1S/C10H11N3O2/c14-10(15-13-8-4-7-11-13)12-9-5-2-1-3-6-9/h1-3,5-7H,4,8H2,(H,12,14). The average molecular weight is 205 g/mol. The Balaban J connectivity index is 1.84. The number of amides is 1. The van der Waals surface area contributed by atoms with Crippen molar-refractivity contribution in [3.8, 4) is 0 Å². The van der Waals surface area contributed by atoms with Crippen molar-refractivity contribution in [2.75, 3.05) is 11.9 Å². The highest BCUT2D eigenvalue weighted by Crippen LogP contribution is 2.07. The molecule has 0 unspecified atom stereocenters. The smallest absolute Gasteiger partial charge is 0.304 e. The maximum atomic E-state index is 11.3. The first kappa shape index (κ1) is 9.51. The van der Waals surface area contributed by atoms with Crippen LogP contribution in [0.5, 0.6) is 0 Å². The van der Waals surface area contributed by atoms with Crippen LogP contribution in [0.3, 0.4) is 0 Å². The highest BCUT2D eigenvalue weighted by molar-refractivity contribution is 5.84. The lowest BCUT2D eigenvalue weighted by Crippen LogP contribution is -2.24. The first-order valence-electron chi connectivity index (χ1n) is 4.68. The molecule has 1 heterocycles. The van der Waals surface area contributed by atoms with Crippen LogP contribution < -0.4 is 5.32 Å². The number of para-hydroxylation sites is 1. The predicted molar refractivity (Wildman–Crippen MR) is 56.4 cm³/mol. The van der Waals surface area contributed by atoms with Crippen LogP contribution in [-0.2, 0) is 4.84 Å². The quantitative estimate of drug-likeness (QED) is 0.801. The summed E-state index contributed by atoms with van der Waals surface area (Å²) in [6, 6.07) is 9.12. The van der Waals surface area contributed by atoms with Gasteiger partial charge < -0.3 is 4.84 Å². The van der Waals surface area contributed by atoms with Gasteiger partial charge in [-0.3, -0.25) is 5.32 Å². The van der Waals surface area contributed by atoms with Crippen LogP contribution in [0.1, 0.15) is 6.42 Å². The van der Waals surface area contributed by atoms with Crippen molar-refractivity contribution in [3.05, 3.63) is 30.3 Å². The summed E-state index contributed by atoms with van der Waals surface area (Å²) in [5.41, 5.74) is 0.700. The number of benzene rings is 1. The number of carbonyl (C=O) groups excluding carboxylic acids is 1. The van der Waals surface area contributed by atoms with Gasteiger partial charge in [0.05, 0.1) is 6.54 Å². The third-order valence-corrected chi connectivity index (χ3v) is 1.87. The molecular formula is C10H11N3O2. The molecule has 0 aliphatic carbocycles. The first-order valence-corrected chi connectivity index (χ1v) is 4.68. The molecule has 0 atom stereocenters. The first-order chi connectivity index (χ1) is 7.34. The van der Waals surface area contributed by atoms with Crippen molar-refractivity contribution in [1.29, 1.82) is 0 Å². The van der Waals surface area contributed by atoms with Gasteiger partial charge in [0.2, 0.25) is 0 Å². The van der Waals surface area contributed by atoms with Crippen molar-refractivity contribution in [3.63, 3.8) is 0 Å². The van der Waals surface area contributed by atoms with Gasteiger partial charge in [0.1, 0.15) is 0 Å². The Morgan fingerprint density at radius 2 is 2.20 bits per heavy atom. The Hall–Kier alpha value is -2.04. The number of carbonyl (C=O) groups is 1. The zero-order valence-electron chi connectivity index (χ0n) is 8.09. The largest absolute Gasteiger partial charge is 0.437 e.